The Hall–Kier alpha value is -2.54. The van der Waals surface area contributed by atoms with E-state index in [1.54, 1.807) is 36.7 Å². The van der Waals surface area contributed by atoms with Gasteiger partial charge >= 0.3 is 0 Å². The van der Waals surface area contributed by atoms with E-state index >= 15 is 0 Å². The molecule has 1 aromatic carbocycles. The van der Waals surface area contributed by atoms with Gasteiger partial charge in [-0.1, -0.05) is 28.1 Å². The molecule has 6 nitrogen and oxygen atoms in total. The number of hydrogen-bond donors (Lipinski definition) is 0. The van der Waals surface area contributed by atoms with Crippen molar-refractivity contribution in [3.8, 4) is 0 Å². The molecule has 0 spiro atoms. The molecule has 2 aromatic rings. The number of rotatable bonds is 3. The van der Waals surface area contributed by atoms with Gasteiger partial charge in [0, 0.05) is 29.7 Å². The van der Waals surface area contributed by atoms with E-state index in [0.717, 1.165) is 49.3 Å². The van der Waals surface area contributed by atoms with Crippen molar-refractivity contribution in [1.29, 1.82) is 0 Å². The fourth-order valence-corrected chi connectivity index (χ4v) is 4.99. The summed E-state index contributed by atoms with van der Waals surface area (Å²) < 4.78 is 6.30. The molecule has 1 unspecified atom stereocenters. The Morgan fingerprint density at radius 2 is 1.62 bits per heavy atom. The number of benzene rings is 1. The van der Waals surface area contributed by atoms with Crippen molar-refractivity contribution in [3.63, 3.8) is 0 Å². The third-order valence-electron chi connectivity index (χ3n) is 5.86. The van der Waals surface area contributed by atoms with E-state index < -0.39 is 0 Å². The van der Waals surface area contributed by atoms with Gasteiger partial charge in [0.05, 0.1) is 22.9 Å². The number of hydrogen-bond acceptors (Lipinski definition) is 5. The van der Waals surface area contributed by atoms with Crippen LogP contribution in [0.25, 0.3) is 5.76 Å². The number of amides is 2. The Labute approximate surface area is 177 Å². The summed E-state index contributed by atoms with van der Waals surface area (Å²) in [7, 11) is 0. The van der Waals surface area contributed by atoms with Crippen LogP contribution >= 0.6 is 15.9 Å². The van der Waals surface area contributed by atoms with Crippen LogP contribution < -0.4 is 0 Å². The molecular weight excluding hydrogens is 434 g/mol. The Kier molecular flexibility index (Phi) is 4.70. The third kappa shape index (κ3) is 3.27. The Morgan fingerprint density at radius 1 is 0.966 bits per heavy atom. The second kappa shape index (κ2) is 7.37. The maximum Gasteiger partial charge on any atom is 0.261 e. The van der Waals surface area contributed by atoms with Crippen LogP contribution in [0.3, 0.4) is 0 Å². The normalized spacial score (nSPS) is 26.0. The molecule has 29 heavy (non-hydrogen) atoms. The standard InChI is InChI=1S/C22H20BrN3O3/c23-13-11-18-20(25-10-9-24-18)19(12-13)29-15-7-5-14(6-8-15)26-21(27)16-3-1-2-4-17(16)22(26)28/h1-4,9-10,12-15H,5-8,11H2. The summed E-state index contributed by atoms with van der Waals surface area (Å²) in [5.74, 6) is 0.429. The van der Waals surface area contributed by atoms with Crippen LogP contribution in [0.15, 0.2) is 42.7 Å². The summed E-state index contributed by atoms with van der Waals surface area (Å²) >= 11 is 3.64. The zero-order valence-electron chi connectivity index (χ0n) is 15.8. The van der Waals surface area contributed by atoms with E-state index in [1.165, 1.54) is 4.90 Å². The topological polar surface area (TPSA) is 72.4 Å². The first-order chi connectivity index (χ1) is 14.1. The quantitative estimate of drug-likeness (QED) is 0.522. The molecule has 2 aliphatic carbocycles. The molecule has 0 N–H and O–H groups in total. The van der Waals surface area contributed by atoms with Crippen LogP contribution in [-0.4, -0.2) is 43.7 Å². The zero-order chi connectivity index (χ0) is 20.0. The zero-order valence-corrected chi connectivity index (χ0v) is 17.3. The summed E-state index contributed by atoms with van der Waals surface area (Å²) in [5.41, 5.74) is 2.78. The molecule has 5 rings (SSSR count). The molecule has 1 aliphatic heterocycles. The second-order valence-corrected chi connectivity index (χ2v) is 8.85. The van der Waals surface area contributed by atoms with E-state index in [2.05, 4.69) is 25.9 Å². The predicted octanol–water partition coefficient (Wildman–Crippen LogP) is 3.76. The van der Waals surface area contributed by atoms with Gasteiger partial charge in [0.25, 0.3) is 11.8 Å². The smallest absolute Gasteiger partial charge is 0.261 e. The van der Waals surface area contributed by atoms with Crippen LogP contribution in [0.1, 0.15) is 57.8 Å². The average molecular weight is 454 g/mol. The highest BCUT2D eigenvalue weighted by molar-refractivity contribution is 9.09. The largest absolute Gasteiger partial charge is 0.488 e. The maximum atomic E-state index is 12.7. The van der Waals surface area contributed by atoms with Gasteiger partial charge in [-0.2, -0.15) is 0 Å². The number of nitrogens with zero attached hydrogens (tertiary/aromatic N) is 3. The lowest BCUT2D eigenvalue weighted by Crippen LogP contribution is -2.43. The van der Waals surface area contributed by atoms with Crippen LogP contribution in [0.5, 0.6) is 0 Å². The molecule has 2 amide bonds. The fraction of sp³-hybridized carbons (Fsp3) is 0.364. The summed E-state index contributed by atoms with van der Waals surface area (Å²) in [6.45, 7) is 0. The molecule has 0 saturated heterocycles. The van der Waals surface area contributed by atoms with Crippen molar-refractivity contribution in [1.82, 2.24) is 14.9 Å². The number of ether oxygens (including phenoxy) is 1. The molecule has 3 aliphatic rings. The van der Waals surface area contributed by atoms with Crippen molar-refractivity contribution in [2.75, 3.05) is 0 Å². The van der Waals surface area contributed by atoms with Crippen LogP contribution in [-0.2, 0) is 11.2 Å². The Morgan fingerprint density at radius 3 is 2.31 bits per heavy atom. The van der Waals surface area contributed by atoms with Crippen molar-refractivity contribution in [3.05, 3.63) is 65.2 Å². The molecule has 1 atom stereocenters. The minimum atomic E-state index is -0.170. The minimum absolute atomic E-state index is 0.0420. The molecule has 2 heterocycles. The van der Waals surface area contributed by atoms with E-state index in [-0.39, 0.29) is 28.8 Å². The summed E-state index contributed by atoms with van der Waals surface area (Å²) in [6, 6.07) is 6.99. The first-order valence-corrected chi connectivity index (χ1v) is 10.8. The lowest BCUT2D eigenvalue weighted by Gasteiger charge is -2.34. The summed E-state index contributed by atoms with van der Waals surface area (Å²) in [6.07, 6.45) is 9.34. The van der Waals surface area contributed by atoms with E-state index in [1.807, 2.05) is 6.08 Å². The first-order valence-electron chi connectivity index (χ1n) is 9.91. The van der Waals surface area contributed by atoms with Gasteiger partial charge < -0.3 is 4.74 Å². The number of carbonyl (C=O) groups excluding carboxylic acids is 2. The minimum Gasteiger partial charge on any atom is -0.488 e. The average Bonchev–Trinajstić information content (AvgIpc) is 2.99. The second-order valence-electron chi connectivity index (χ2n) is 7.68. The predicted molar refractivity (Wildman–Crippen MR) is 110 cm³/mol. The lowest BCUT2D eigenvalue weighted by atomic mass is 9.91. The van der Waals surface area contributed by atoms with Crippen molar-refractivity contribution in [2.45, 2.75) is 49.1 Å². The van der Waals surface area contributed by atoms with E-state index in [9.17, 15) is 9.59 Å². The molecule has 1 aromatic heterocycles. The van der Waals surface area contributed by atoms with Gasteiger partial charge in [-0.15, -0.1) is 0 Å². The highest BCUT2D eigenvalue weighted by atomic mass is 79.9. The van der Waals surface area contributed by atoms with Crippen LogP contribution in [0.4, 0.5) is 0 Å². The van der Waals surface area contributed by atoms with Crippen LogP contribution in [0.2, 0.25) is 0 Å². The Bertz CT molecular complexity index is 979. The van der Waals surface area contributed by atoms with E-state index in [0.29, 0.717) is 11.1 Å². The molecular formula is C22H20BrN3O3. The number of allylic oxidation sites excluding steroid dienone is 1. The van der Waals surface area contributed by atoms with Gasteiger partial charge in [0.1, 0.15) is 11.5 Å². The van der Waals surface area contributed by atoms with Crippen molar-refractivity contribution in [2.24, 2.45) is 0 Å². The van der Waals surface area contributed by atoms with Gasteiger partial charge in [-0.05, 0) is 43.9 Å². The van der Waals surface area contributed by atoms with Gasteiger partial charge in [0.15, 0.2) is 0 Å². The fourth-order valence-electron chi connectivity index (χ4n) is 4.44. The van der Waals surface area contributed by atoms with Crippen molar-refractivity contribution < 1.29 is 14.3 Å². The molecule has 148 valence electrons. The van der Waals surface area contributed by atoms with Crippen molar-refractivity contribution >= 4 is 33.5 Å². The molecule has 0 bridgehead atoms. The number of carbonyl (C=O) groups is 2. The van der Waals surface area contributed by atoms with Gasteiger partial charge in [-0.25, -0.2) is 4.98 Å². The SMILES string of the molecule is O=C1c2ccccc2C(=O)N1C1CCC(OC2=CC(Br)Cc3nccnc32)CC1. The molecule has 7 heteroatoms. The monoisotopic (exact) mass is 453 g/mol. The number of imide groups is 1. The summed E-state index contributed by atoms with van der Waals surface area (Å²) in [4.78, 5) is 35.9. The number of halogens is 1. The van der Waals surface area contributed by atoms with E-state index in [4.69, 9.17) is 4.74 Å². The molecule has 1 saturated carbocycles. The highest BCUT2D eigenvalue weighted by Gasteiger charge is 2.41. The van der Waals surface area contributed by atoms with Gasteiger partial charge in [0.2, 0.25) is 0 Å². The third-order valence-corrected chi connectivity index (χ3v) is 6.44. The first kappa shape index (κ1) is 18.5. The lowest BCUT2D eigenvalue weighted by molar-refractivity contribution is 0.0446. The van der Waals surface area contributed by atoms with Gasteiger partial charge in [-0.3, -0.25) is 19.5 Å². The molecule has 0 radical (unpaired) electrons. The number of aromatic nitrogens is 2. The van der Waals surface area contributed by atoms with Crippen LogP contribution in [0, 0.1) is 0 Å². The Balaban J connectivity index is 1.26. The number of alkyl halides is 1. The maximum absolute atomic E-state index is 12.7. The highest BCUT2D eigenvalue weighted by Crippen LogP contribution is 2.35. The summed E-state index contributed by atoms with van der Waals surface area (Å²) in [5, 5.41) is 0. The molecule has 1 fully saturated rings. The number of fused-ring (bicyclic) bond motifs is 2.